The van der Waals surface area contributed by atoms with Gasteiger partial charge in [0.15, 0.2) is 0 Å². The molecule has 0 aromatic carbocycles. The molecule has 0 rings (SSSR count). The van der Waals surface area contributed by atoms with Gasteiger partial charge in [0.05, 0.1) is 0 Å². The van der Waals surface area contributed by atoms with Crippen LogP contribution in [0, 0.1) is 0 Å². The average molecular weight is 166 g/mol. The first-order chi connectivity index (χ1) is 4.88. The third-order valence-electron chi connectivity index (χ3n) is 1.48. The third-order valence-corrected chi connectivity index (χ3v) is 1.48. The molecule has 0 atom stereocenters. The quantitative estimate of drug-likeness (QED) is 0.576. The Morgan fingerprint density at radius 1 is 1.45 bits per heavy atom. The first-order valence-electron chi connectivity index (χ1n) is 3.44. The highest BCUT2D eigenvalue weighted by Crippen LogP contribution is 2.18. The second-order valence-electron chi connectivity index (χ2n) is 2.56. The number of rotatable bonds is 4. The van der Waals surface area contributed by atoms with E-state index >= 15 is 0 Å². The summed E-state index contributed by atoms with van der Waals surface area (Å²) in [5.74, 6) is 0. The molecule has 0 saturated heterocycles. The van der Waals surface area contributed by atoms with Crippen LogP contribution >= 0.6 is 0 Å². The summed E-state index contributed by atoms with van der Waals surface area (Å²) in [6.45, 7) is 0.452. The molecule has 0 saturated carbocycles. The molecule has 0 bridgehead atoms. The molecule has 66 valence electrons. The average Bonchev–Trinajstić information content (AvgIpc) is 1.85. The van der Waals surface area contributed by atoms with Crippen molar-refractivity contribution in [1.29, 1.82) is 0 Å². The maximum Gasteiger partial charge on any atom is 0.506 e. The fourth-order valence-electron chi connectivity index (χ4n) is 0.562. The summed E-state index contributed by atoms with van der Waals surface area (Å²) in [4.78, 5) is 1.57. The standard InChI is InChI=1S/C6H12BF3N/c1-4-11(3)5-6(2)7(8,9)10/h2,4-5H2,1,3H3/q-1. The zero-order chi connectivity index (χ0) is 9.07. The molecule has 0 N–H and O–H groups in total. The highest BCUT2D eigenvalue weighted by atomic mass is 19.4. The Morgan fingerprint density at radius 3 is 2.18 bits per heavy atom. The Kier molecular flexibility index (Phi) is 3.65. The van der Waals surface area contributed by atoms with Gasteiger partial charge in [0.1, 0.15) is 0 Å². The molecule has 0 amide bonds. The lowest BCUT2D eigenvalue weighted by atomic mass is 9.80. The van der Waals surface area contributed by atoms with Crippen molar-refractivity contribution in [3.05, 3.63) is 12.1 Å². The van der Waals surface area contributed by atoms with Gasteiger partial charge < -0.3 is 17.8 Å². The minimum Gasteiger partial charge on any atom is -0.445 e. The van der Waals surface area contributed by atoms with E-state index < -0.39 is 12.4 Å². The molecule has 0 heterocycles. The van der Waals surface area contributed by atoms with Gasteiger partial charge >= 0.3 is 6.98 Å². The van der Waals surface area contributed by atoms with Gasteiger partial charge in [-0.15, -0.1) is 12.1 Å². The maximum absolute atomic E-state index is 11.9. The lowest BCUT2D eigenvalue weighted by molar-refractivity contribution is 0.376. The molecule has 0 unspecified atom stereocenters. The van der Waals surface area contributed by atoms with Gasteiger partial charge in [-0.2, -0.15) is 0 Å². The number of likely N-dealkylation sites (N-methyl/N-ethyl adjacent to an activating group) is 1. The zero-order valence-corrected chi connectivity index (χ0v) is 6.78. The highest BCUT2D eigenvalue weighted by molar-refractivity contribution is 6.66. The fraction of sp³-hybridized carbons (Fsp3) is 0.667. The van der Waals surface area contributed by atoms with Crippen LogP contribution in [-0.4, -0.2) is 32.0 Å². The molecule has 0 aliphatic rings. The van der Waals surface area contributed by atoms with Crippen molar-refractivity contribution in [1.82, 2.24) is 4.90 Å². The van der Waals surface area contributed by atoms with E-state index in [-0.39, 0.29) is 6.54 Å². The van der Waals surface area contributed by atoms with Crippen molar-refractivity contribution in [2.45, 2.75) is 6.92 Å². The van der Waals surface area contributed by atoms with E-state index in [9.17, 15) is 12.9 Å². The van der Waals surface area contributed by atoms with E-state index in [0.717, 1.165) is 0 Å². The molecule has 1 nitrogen and oxygen atoms in total. The van der Waals surface area contributed by atoms with Crippen LogP contribution in [0.15, 0.2) is 12.1 Å². The molecular weight excluding hydrogens is 154 g/mol. The zero-order valence-electron chi connectivity index (χ0n) is 6.78. The van der Waals surface area contributed by atoms with Gasteiger partial charge in [-0.1, -0.05) is 6.92 Å². The molecule has 0 spiro atoms. The smallest absolute Gasteiger partial charge is 0.445 e. The third kappa shape index (κ3) is 4.08. The van der Waals surface area contributed by atoms with Crippen molar-refractivity contribution >= 4 is 6.98 Å². The summed E-state index contributed by atoms with van der Waals surface area (Å²) in [6.07, 6.45) is 0. The van der Waals surface area contributed by atoms with Crippen LogP contribution in [0.25, 0.3) is 0 Å². The molecule has 0 fully saturated rings. The van der Waals surface area contributed by atoms with Crippen molar-refractivity contribution in [2.24, 2.45) is 0 Å². The molecule has 11 heavy (non-hydrogen) atoms. The summed E-state index contributed by atoms with van der Waals surface area (Å²) in [5, 5.41) is 0. The number of nitrogens with zero attached hydrogens (tertiary/aromatic N) is 1. The van der Waals surface area contributed by atoms with Crippen molar-refractivity contribution in [3.8, 4) is 0 Å². The van der Waals surface area contributed by atoms with Crippen molar-refractivity contribution in [3.63, 3.8) is 0 Å². The summed E-state index contributed by atoms with van der Waals surface area (Å²) >= 11 is 0. The molecule has 0 aliphatic carbocycles. The first kappa shape index (κ1) is 10.6. The van der Waals surface area contributed by atoms with E-state index in [1.165, 1.54) is 0 Å². The topological polar surface area (TPSA) is 3.24 Å². The second-order valence-corrected chi connectivity index (χ2v) is 2.56. The van der Waals surface area contributed by atoms with E-state index in [0.29, 0.717) is 6.54 Å². The normalized spacial score (nSPS) is 12.2. The monoisotopic (exact) mass is 166 g/mol. The van der Waals surface area contributed by atoms with Crippen LogP contribution in [0.4, 0.5) is 12.9 Å². The lowest BCUT2D eigenvalue weighted by Crippen LogP contribution is -2.29. The van der Waals surface area contributed by atoms with Crippen LogP contribution < -0.4 is 0 Å². The Morgan fingerprint density at radius 2 is 1.91 bits per heavy atom. The van der Waals surface area contributed by atoms with Crippen molar-refractivity contribution < 1.29 is 12.9 Å². The summed E-state index contributed by atoms with van der Waals surface area (Å²) < 4.78 is 35.6. The fourth-order valence-corrected chi connectivity index (χ4v) is 0.562. The van der Waals surface area contributed by atoms with Crippen LogP contribution in [0.1, 0.15) is 6.92 Å². The minimum atomic E-state index is -4.84. The SMILES string of the molecule is C=C(CN(C)CC)[B-](F)(F)F. The van der Waals surface area contributed by atoms with Gasteiger partial charge in [-0.25, -0.2) is 0 Å². The molecular formula is C6H12BF3N-. The van der Waals surface area contributed by atoms with Gasteiger partial charge in [-0.05, 0) is 20.1 Å². The van der Waals surface area contributed by atoms with E-state index in [1.54, 1.807) is 18.9 Å². The number of halogens is 3. The second kappa shape index (κ2) is 3.81. The lowest BCUT2D eigenvalue weighted by Gasteiger charge is -2.22. The summed E-state index contributed by atoms with van der Waals surface area (Å²) in [5.41, 5.74) is -0.630. The molecule has 0 aromatic heterocycles. The number of hydrogen-bond donors (Lipinski definition) is 0. The molecule has 0 aromatic rings. The van der Waals surface area contributed by atoms with Crippen LogP contribution in [0.2, 0.25) is 0 Å². The first-order valence-corrected chi connectivity index (χ1v) is 3.44. The predicted octanol–water partition coefficient (Wildman–Crippen LogP) is 1.88. The molecule has 5 heteroatoms. The largest absolute Gasteiger partial charge is 0.506 e. The Hall–Kier alpha value is -0.445. The summed E-state index contributed by atoms with van der Waals surface area (Å²) in [7, 11) is 1.63. The van der Waals surface area contributed by atoms with E-state index in [1.807, 2.05) is 0 Å². The van der Waals surface area contributed by atoms with E-state index in [4.69, 9.17) is 0 Å². The van der Waals surface area contributed by atoms with Crippen LogP contribution in [0.5, 0.6) is 0 Å². The van der Waals surface area contributed by atoms with Crippen LogP contribution in [0.3, 0.4) is 0 Å². The molecule has 0 aliphatic heterocycles. The molecule has 0 radical (unpaired) electrons. The Labute approximate surface area is 64.9 Å². The van der Waals surface area contributed by atoms with E-state index in [2.05, 4.69) is 6.58 Å². The summed E-state index contributed by atoms with van der Waals surface area (Å²) in [6, 6.07) is 0. The maximum atomic E-state index is 11.9. The van der Waals surface area contributed by atoms with Crippen molar-refractivity contribution in [2.75, 3.05) is 20.1 Å². The highest BCUT2D eigenvalue weighted by Gasteiger charge is 2.26. The van der Waals surface area contributed by atoms with Gasteiger partial charge in [0.25, 0.3) is 0 Å². The minimum absolute atomic E-state index is 0.0833. The Balaban J connectivity index is 3.88. The van der Waals surface area contributed by atoms with Gasteiger partial charge in [0, 0.05) is 0 Å². The van der Waals surface area contributed by atoms with Crippen LogP contribution in [-0.2, 0) is 0 Å². The van der Waals surface area contributed by atoms with Gasteiger partial charge in [0.2, 0.25) is 0 Å². The number of hydrogen-bond acceptors (Lipinski definition) is 1. The predicted molar refractivity (Wildman–Crippen MR) is 41.4 cm³/mol. The van der Waals surface area contributed by atoms with Gasteiger partial charge in [-0.3, -0.25) is 0 Å². The Bertz CT molecular complexity index is 143.